The lowest BCUT2D eigenvalue weighted by molar-refractivity contribution is 0.510. The normalized spacial score (nSPS) is 19.9. The first-order chi connectivity index (χ1) is 12.7. The Kier molecular flexibility index (Phi) is 3.62. The molecule has 134 valence electrons. The number of nitrogens with zero attached hydrogens (tertiary/aromatic N) is 4. The summed E-state index contributed by atoms with van der Waals surface area (Å²) in [6.45, 7) is 0.807. The molecule has 2 aromatic heterocycles. The molecule has 0 radical (unpaired) electrons. The molecule has 1 N–H and O–H groups in total. The van der Waals surface area contributed by atoms with Gasteiger partial charge < -0.3 is 9.88 Å². The second-order valence-corrected chi connectivity index (χ2v) is 7.09. The van der Waals surface area contributed by atoms with E-state index in [1.54, 1.807) is 0 Å². The van der Waals surface area contributed by atoms with Crippen LogP contribution < -0.4 is 4.90 Å². The topological polar surface area (TPSA) is 57.7 Å². The Balaban J connectivity index is 1.58. The molecule has 2 aliphatic rings. The van der Waals surface area contributed by atoms with Crippen molar-refractivity contribution in [3.8, 4) is 0 Å². The zero-order valence-electron chi connectivity index (χ0n) is 14.3. The maximum Gasteiger partial charge on any atom is 0.161 e. The largest absolute Gasteiger partial charge is 0.346 e. The molecule has 0 unspecified atom stereocenters. The number of imidazole rings is 1. The van der Waals surface area contributed by atoms with Crippen molar-refractivity contribution in [3.05, 3.63) is 47.3 Å². The summed E-state index contributed by atoms with van der Waals surface area (Å²) in [4.78, 5) is 19.0. The second-order valence-electron chi connectivity index (χ2n) is 7.09. The predicted molar refractivity (Wildman–Crippen MR) is 94.0 cm³/mol. The van der Waals surface area contributed by atoms with Crippen LogP contribution in [-0.2, 0) is 12.8 Å². The average molecular weight is 355 g/mol. The van der Waals surface area contributed by atoms with Crippen LogP contribution in [-0.4, -0.2) is 26.5 Å². The standard InChI is InChI=1S/C19H19F2N5/c20-12-8-11-16(9-13(12)21)22-10-23-19(11)26-7-3-6-17(26)18-24-14-4-1-2-5-15(14)25-18/h8-10,17H,1-7H2,(H,24,25)/t17-/m0/s1. The maximum atomic E-state index is 13.8. The highest BCUT2D eigenvalue weighted by atomic mass is 19.2. The molecule has 7 heteroatoms. The van der Waals surface area contributed by atoms with Crippen molar-refractivity contribution in [3.63, 3.8) is 0 Å². The number of hydrogen-bond acceptors (Lipinski definition) is 4. The fourth-order valence-electron chi connectivity index (χ4n) is 4.20. The number of aromatic amines is 1. The molecule has 3 aromatic rings. The van der Waals surface area contributed by atoms with Crippen LogP contribution >= 0.6 is 0 Å². The van der Waals surface area contributed by atoms with E-state index < -0.39 is 11.6 Å². The quantitative estimate of drug-likeness (QED) is 0.759. The van der Waals surface area contributed by atoms with Gasteiger partial charge in [-0.2, -0.15) is 0 Å². The summed E-state index contributed by atoms with van der Waals surface area (Å²) in [5.41, 5.74) is 2.84. The van der Waals surface area contributed by atoms with Crippen LogP contribution in [0, 0.1) is 11.6 Å². The molecule has 1 atom stereocenters. The van der Waals surface area contributed by atoms with Gasteiger partial charge in [-0.1, -0.05) is 0 Å². The molecule has 1 fully saturated rings. The number of H-pyrrole nitrogens is 1. The lowest BCUT2D eigenvalue weighted by atomic mass is 10.0. The fourth-order valence-corrected chi connectivity index (χ4v) is 4.20. The highest BCUT2D eigenvalue weighted by Gasteiger charge is 2.32. The van der Waals surface area contributed by atoms with Crippen LogP contribution in [0.15, 0.2) is 18.5 Å². The zero-order valence-corrected chi connectivity index (χ0v) is 14.3. The molecule has 1 saturated heterocycles. The molecular weight excluding hydrogens is 336 g/mol. The molecule has 5 nitrogen and oxygen atoms in total. The molecule has 1 aliphatic heterocycles. The van der Waals surface area contributed by atoms with E-state index in [4.69, 9.17) is 4.98 Å². The molecule has 1 aromatic carbocycles. The van der Waals surface area contributed by atoms with Gasteiger partial charge in [0.05, 0.1) is 17.3 Å². The van der Waals surface area contributed by atoms with Crippen LogP contribution in [0.3, 0.4) is 0 Å². The molecule has 0 bridgehead atoms. The predicted octanol–water partition coefficient (Wildman–Crippen LogP) is 3.85. The first-order valence-electron chi connectivity index (χ1n) is 9.15. The minimum atomic E-state index is -0.890. The number of fused-ring (bicyclic) bond motifs is 2. The lowest BCUT2D eigenvalue weighted by Crippen LogP contribution is -2.25. The zero-order chi connectivity index (χ0) is 17.7. The Labute approximate surface area is 149 Å². The van der Waals surface area contributed by atoms with Crippen LogP contribution in [0.25, 0.3) is 10.9 Å². The number of rotatable bonds is 2. The van der Waals surface area contributed by atoms with E-state index in [2.05, 4.69) is 19.9 Å². The molecule has 26 heavy (non-hydrogen) atoms. The van der Waals surface area contributed by atoms with E-state index in [0.717, 1.165) is 44.1 Å². The van der Waals surface area contributed by atoms with Crippen molar-refractivity contribution in [1.29, 1.82) is 0 Å². The van der Waals surface area contributed by atoms with Gasteiger partial charge in [0.25, 0.3) is 0 Å². The van der Waals surface area contributed by atoms with Gasteiger partial charge >= 0.3 is 0 Å². The monoisotopic (exact) mass is 355 g/mol. The number of anilines is 1. The Morgan fingerprint density at radius 1 is 1.04 bits per heavy atom. The molecule has 0 amide bonds. The summed E-state index contributed by atoms with van der Waals surface area (Å²) in [6.07, 6.45) is 7.84. The summed E-state index contributed by atoms with van der Waals surface area (Å²) in [5.74, 6) is -0.161. The number of hydrogen-bond donors (Lipinski definition) is 1. The van der Waals surface area contributed by atoms with Gasteiger partial charge in [-0.15, -0.1) is 0 Å². The van der Waals surface area contributed by atoms with Gasteiger partial charge in [0.15, 0.2) is 11.6 Å². The first kappa shape index (κ1) is 15.7. The summed E-state index contributed by atoms with van der Waals surface area (Å²) in [7, 11) is 0. The third kappa shape index (κ3) is 2.45. The van der Waals surface area contributed by atoms with Crippen molar-refractivity contribution in [2.75, 3.05) is 11.4 Å². The molecule has 1 aliphatic carbocycles. The number of nitrogens with one attached hydrogen (secondary N) is 1. The maximum absolute atomic E-state index is 13.8. The number of aryl methyl sites for hydroxylation is 2. The Morgan fingerprint density at radius 3 is 2.77 bits per heavy atom. The number of aromatic nitrogens is 4. The van der Waals surface area contributed by atoms with Gasteiger partial charge in [-0.05, 0) is 44.6 Å². The van der Waals surface area contributed by atoms with E-state index in [9.17, 15) is 8.78 Å². The minimum absolute atomic E-state index is 0.0758. The van der Waals surface area contributed by atoms with Crippen molar-refractivity contribution in [2.45, 2.75) is 44.6 Å². The fraction of sp³-hybridized carbons (Fsp3) is 0.421. The van der Waals surface area contributed by atoms with E-state index in [1.807, 2.05) is 0 Å². The smallest absolute Gasteiger partial charge is 0.161 e. The van der Waals surface area contributed by atoms with E-state index in [0.29, 0.717) is 16.7 Å². The summed E-state index contributed by atoms with van der Waals surface area (Å²) in [6, 6.07) is 2.40. The van der Waals surface area contributed by atoms with Gasteiger partial charge in [-0.3, -0.25) is 0 Å². The molecular formula is C19H19F2N5. The number of benzene rings is 1. The highest BCUT2D eigenvalue weighted by Crippen LogP contribution is 2.38. The summed E-state index contributed by atoms with van der Waals surface area (Å²) >= 11 is 0. The van der Waals surface area contributed by atoms with Crippen molar-refractivity contribution in [2.24, 2.45) is 0 Å². The van der Waals surface area contributed by atoms with Crippen LogP contribution in [0.4, 0.5) is 14.6 Å². The SMILES string of the molecule is Fc1cc2ncnc(N3CCC[C@H]3c3nc4c([nH]3)CCCC4)c2cc1F. The third-order valence-electron chi connectivity index (χ3n) is 5.47. The molecule has 0 saturated carbocycles. The summed E-state index contributed by atoms with van der Waals surface area (Å²) in [5, 5.41) is 0.537. The van der Waals surface area contributed by atoms with Crippen LogP contribution in [0.1, 0.15) is 48.9 Å². The molecule has 5 rings (SSSR count). The van der Waals surface area contributed by atoms with Crippen molar-refractivity contribution in [1.82, 2.24) is 19.9 Å². The van der Waals surface area contributed by atoms with Crippen molar-refractivity contribution < 1.29 is 8.78 Å². The third-order valence-corrected chi connectivity index (χ3v) is 5.47. The molecule has 3 heterocycles. The molecule has 0 spiro atoms. The van der Waals surface area contributed by atoms with Gasteiger partial charge in [-0.25, -0.2) is 23.7 Å². The van der Waals surface area contributed by atoms with Gasteiger partial charge in [0.1, 0.15) is 18.0 Å². The van der Waals surface area contributed by atoms with Gasteiger partial charge in [0.2, 0.25) is 0 Å². The van der Waals surface area contributed by atoms with Crippen LogP contribution in [0.2, 0.25) is 0 Å². The summed E-state index contributed by atoms with van der Waals surface area (Å²) < 4.78 is 27.4. The minimum Gasteiger partial charge on any atom is -0.346 e. The highest BCUT2D eigenvalue weighted by molar-refractivity contribution is 5.89. The Bertz CT molecular complexity index is 960. The van der Waals surface area contributed by atoms with Gasteiger partial charge in [0, 0.05) is 23.7 Å². The second kappa shape index (κ2) is 6.00. The van der Waals surface area contributed by atoms with E-state index in [-0.39, 0.29) is 6.04 Å². The average Bonchev–Trinajstić information content (AvgIpc) is 3.28. The van der Waals surface area contributed by atoms with E-state index >= 15 is 0 Å². The lowest BCUT2D eigenvalue weighted by Gasteiger charge is -2.25. The first-order valence-corrected chi connectivity index (χ1v) is 9.15. The number of halogens is 2. The van der Waals surface area contributed by atoms with Crippen molar-refractivity contribution >= 4 is 16.7 Å². The Morgan fingerprint density at radius 2 is 1.88 bits per heavy atom. The van der Waals surface area contributed by atoms with E-state index in [1.165, 1.54) is 36.6 Å². The Hall–Kier alpha value is -2.57. The van der Waals surface area contributed by atoms with Crippen LogP contribution in [0.5, 0.6) is 0 Å².